The molecule has 76 valence electrons. The number of carboxylic acid groups (broad SMARTS) is 1. The smallest absolute Gasteiger partial charge is 0.306 e. The van der Waals surface area contributed by atoms with Gasteiger partial charge in [0.05, 0.1) is 11.6 Å². The first-order valence-corrected chi connectivity index (χ1v) is 4.50. The fourth-order valence-corrected chi connectivity index (χ4v) is 1.20. The van der Waals surface area contributed by atoms with Gasteiger partial charge < -0.3 is 10.8 Å². The fraction of sp³-hybridized carbons (Fsp3) is 0.400. The first-order valence-electron chi connectivity index (χ1n) is 4.50. The minimum Gasteiger partial charge on any atom is -0.481 e. The van der Waals surface area contributed by atoms with E-state index in [9.17, 15) is 4.79 Å². The summed E-state index contributed by atoms with van der Waals surface area (Å²) in [5.41, 5.74) is 6.54. The Morgan fingerprint density at radius 3 is 2.86 bits per heavy atom. The average molecular weight is 194 g/mol. The number of carboxylic acids is 1. The van der Waals surface area contributed by atoms with Crippen LogP contribution in [0.3, 0.4) is 0 Å². The lowest BCUT2D eigenvalue weighted by Gasteiger charge is -2.13. The molecule has 0 aromatic carbocycles. The van der Waals surface area contributed by atoms with E-state index in [1.54, 1.807) is 25.3 Å². The third-order valence-electron chi connectivity index (χ3n) is 2.10. The zero-order valence-corrected chi connectivity index (χ0v) is 8.05. The summed E-state index contributed by atoms with van der Waals surface area (Å²) in [7, 11) is 0. The second-order valence-corrected chi connectivity index (χ2v) is 3.34. The predicted molar refractivity (Wildman–Crippen MR) is 52.6 cm³/mol. The zero-order valence-electron chi connectivity index (χ0n) is 8.05. The second-order valence-electron chi connectivity index (χ2n) is 3.34. The molecule has 0 radical (unpaired) electrons. The number of nitrogens with two attached hydrogens (primary N) is 1. The number of aliphatic carboxylic acids is 1. The molecule has 1 heterocycles. The van der Waals surface area contributed by atoms with Crippen LogP contribution in [0, 0.1) is 5.92 Å². The molecule has 0 saturated carbocycles. The molecule has 0 aliphatic carbocycles. The van der Waals surface area contributed by atoms with Crippen molar-refractivity contribution < 1.29 is 9.90 Å². The maximum absolute atomic E-state index is 10.6. The normalized spacial score (nSPS) is 14.7. The summed E-state index contributed by atoms with van der Waals surface area (Å²) < 4.78 is 0. The maximum atomic E-state index is 10.6. The number of hydrogen-bond donors (Lipinski definition) is 2. The molecule has 4 nitrogen and oxygen atoms in total. The molecule has 0 aliphatic heterocycles. The van der Waals surface area contributed by atoms with Crippen molar-refractivity contribution in [2.24, 2.45) is 11.7 Å². The van der Waals surface area contributed by atoms with Gasteiger partial charge in [-0.05, 0) is 18.6 Å². The molecule has 14 heavy (non-hydrogen) atoms. The highest BCUT2D eigenvalue weighted by molar-refractivity contribution is 5.69. The van der Waals surface area contributed by atoms with E-state index in [0.717, 1.165) is 5.69 Å². The van der Waals surface area contributed by atoms with E-state index < -0.39 is 11.9 Å². The number of aromatic nitrogens is 1. The van der Waals surface area contributed by atoms with Crippen LogP contribution in [0.1, 0.15) is 25.1 Å². The highest BCUT2D eigenvalue weighted by atomic mass is 16.4. The van der Waals surface area contributed by atoms with Crippen molar-refractivity contribution in [2.45, 2.75) is 19.4 Å². The molecule has 2 unspecified atom stereocenters. The monoisotopic (exact) mass is 194 g/mol. The maximum Gasteiger partial charge on any atom is 0.306 e. The number of nitrogens with zero attached hydrogens (tertiary/aromatic N) is 1. The Hall–Kier alpha value is -1.42. The van der Waals surface area contributed by atoms with Crippen LogP contribution < -0.4 is 5.73 Å². The van der Waals surface area contributed by atoms with Gasteiger partial charge in [-0.2, -0.15) is 0 Å². The van der Waals surface area contributed by atoms with E-state index in [2.05, 4.69) is 4.98 Å². The Morgan fingerprint density at radius 2 is 2.36 bits per heavy atom. The standard InChI is InChI=1S/C10H14N2O2/c1-7(10(13)14)6-8(11)9-4-2-3-5-12-9/h2-5,7-8H,6,11H2,1H3,(H,13,14). The Bertz CT molecular complexity index is 300. The highest BCUT2D eigenvalue weighted by Gasteiger charge is 2.16. The molecule has 4 heteroatoms. The summed E-state index contributed by atoms with van der Waals surface area (Å²) in [4.78, 5) is 14.7. The van der Waals surface area contributed by atoms with E-state index in [0.29, 0.717) is 6.42 Å². The van der Waals surface area contributed by atoms with Crippen molar-refractivity contribution in [3.63, 3.8) is 0 Å². The van der Waals surface area contributed by atoms with E-state index in [4.69, 9.17) is 10.8 Å². The first-order chi connectivity index (χ1) is 6.61. The van der Waals surface area contributed by atoms with Crippen LogP contribution in [-0.2, 0) is 4.79 Å². The molecule has 1 aromatic heterocycles. The summed E-state index contributed by atoms with van der Waals surface area (Å²) in [5, 5.41) is 8.70. The van der Waals surface area contributed by atoms with Crippen molar-refractivity contribution in [2.75, 3.05) is 0 Å². The van der Waals surface area contributed by atoms with Gasteiger partial charge in [-0.3, -0.25) is 9.78 Å². The van der Waals surface area contributed by atoms with Gasteiger partial charge in [-0.25, -0.2) is 0 Å². The summed E-state index contributed by atoms with van der Waals surface area (Å²) >= 11 is 0. The molecule has 0 spiro atoms. The van der Waals surface area contributed by atoms with Crippen LogP contribution in [0.4, 0.5) is 0 Å². The van der Waals surface area contributed by atoms with Crippen molar-refractivity contribution in [3.05, 3.63) is 30.1 Å². The van der Waals surface area contributed by atoms with Gasteiger partial charge in [-0.15, -0.1) is 0 Å². The van der Waals surface area contributed by atoms with Crippen molar-refractivity contribution in [1.29, 1.82) is 0 Å². The summed E-state index contributed by atoms with van der Waals surface area (Å²) in [6.45, 7) is 1.64. The number of rotatable bonds is 4. The minimum atomic E-state index is -0.823. The van der Waals surface area contributed by atoms with E-state index in [1.165, 1.54) is 0 Å². The van der Waals surface area contributed by atoms with Gasteiger partial charge >= 0.3 is 5.97 Å². The van der Waals surface area contributed by atoms with Crippen LogP contribution in [-0.4, -0.2) is 16.1 Å². The predicted octanol–water partition coefficient (Wildman–Crippen LogP) is 1.19. The van der Waals surface area contributed by atoms with Gasteiger partial charge in [-0.1, -0.05) is 13.0 Å². The van der Waals surface area contributed by atoms with Crippen LogP contribution in [0.2, 0.25) is 0 Å². The molecule has 1 rings (SSSR count). The largest absolute Gasteiger partial charge is 0.481 e. The SMILES string of the molecule is CC(CC(N)c1ccccn1)C(=O)O. The third kappa shape index (κ3) is 2.81. The van der Waals surface area contributed by atoms with Crippen LogP contribution in [0.25, 0.3) is 0 Å². The minimum absolute atomic E-state index is 0.303. The molecule has 0 saturated heterocycles. The molecule has 3 N–H and O–H groups in total. The van der Waals surface area contributed by atoms with Crippen LogP contribution in [0.5, 0.6) is 0 Å². The summed E-state index contributed by atoms with van der Waals surface area (Å²) in [5.74, 6) is -1.26. The molecule has 0 amide bonds. The Balaban J connectivity index is 2.59. The second kappa shape index (κ2) is 4.72. The van der Waals surface area contributed by atoms with Crippen molar-refractivity contribution in [1.82, 2.24) is 4.98 Å². The lowest BCUT2D eigenvalue weighted by Crippen LogP contribution is -2.19. The Kier molecular flexibility index (Phi) is 3.59. The molecular formula is C10H14N2O2. The highest BCUT2D eigenvalue weighted by Crippen LogP contribution is 2.16. The molecule has 2 atom stereocenters. The van der Waals surface area contributed by atoms with Gasteiger partial charge in [0, 0.05) is 12.2 Å². The van der Waals surface area contributed by atoms with Crippen LogP contribution >= 0.6 is 0 Å². The van der Waals surface area contributed by atoms with Gasteiger partial charge in [0.25, 0.3) is 0 Å². The lowest BCUT2D eigenvalue weighted by molar-refractivity contribution is -0.141. The van der Waals surface area contributed by atoms with E-state index >= 15 is 0 Å². The van der Waals surface area contributed by atoms with Crippen LogP contribution in [0.15, 0.2) is 24.4 Å². The Morgan fingerprint density at radius 1 is 1.64 bits per heavy atom. The quantitative estimate of drug-likeness (QED) is 0.754. The number of pyridine rings is 1. The fourth-order valence-electron chi connectivity index (χ4n) is 1.20. The topological polar surface area (TPSA) is 76.2 Å². The van der Waals surface area contributed by atoms with Crippen molar-refractivity contribution in [3.8, 4) is 0 Å². The summed E-state index contributed by atoms with van der Waals surface area (Å²) in [6.07, 6.45) is 2.06. The average Bonchev–Trinajstić information content (AvgIpc) is 2.19. The van der Waals surface area contributed by atoms with Gasteiger partial charge in [0.15, 0.2) is 0 Å². The molecule has 0 bridgehead atoms. The van der Waals surface area contributed by atoms with Gasteiger partial charge in [0.2, 0.25) is 0 Å². The molecule has 0 aliphatic rings. The Labute approximate surface area is 82.8 Å². The molecular weight excluding hydrogens is 180 g/mol. The molecule has 1 aromatic rings. The zero-order chi connectivity index (χ0) is 10.6. The van der Waals surface area contributed by atoms with E-state index in [-0.39, 0.29) is 6.04 Å². The van der Waals surface area contributed by atoms with Gasteiger partial charge in [0.1, 0.15) is 0 Å². The third-order valence-corrected chi connectivity index (χ3v) is 2.10. The molecule has 0 fully saturated rings. The first kappa shape index (κ1) is 10.7. The van der Waals surface area contributed by atoms with E-state index in [1.807, 2.05) is 6.07 Å². The lowest BCUT2D eigenvalue weighted by atomic mass is 10.00. The summed E-state index contributed by atoms with van der Waals surface area (Å²) in [6, 6.07) is 5.14. The number of carbonyl (C=O) groups is 1. The van der Waals surface area contributed by atoms with Crippen molar-refractivity contribution >= 4 is 5.97 Å². The number of hydrogen-bond acceptors (Lipinski definition) is 3.